The lowest BCUT2D eigenvalue weighted by molar-refractivity contribution is -0.141. The molecule has 0 radical (unpaired) electrons. The van der Waals surface area contributed by atoms with Gasteiger partial charge >= 0.3 is 6.09 Å². The van der Waals surface area contributed by atoms with Crippen LogP contribution in [0.15, 0.2) is 0 Å². The molecule has 3 rings (SSSR count). The molecule has 2 aliphatic heterocycles. The Labute approximate surface area is 173 Å². The SMILES string of the molecule is CC1CCC(N(C(=O)C(C)C)[C@H]2C[C@@H](C(=O)N3CCOCC3)N(C(=O)O)C2)CC1. The zero-order valence-corrected chi connectivity index (χ0v) is 17.9. The molecule has 3 aliphatic rings. The summed E-state index contributed by atoms with van der Waals surface area (Å²) in [6.45, 7) is 8.16. The fourth-order valence-corrected chi connectivity index (χ4v) is 4.93. The highest BCUT2D eigenvalue weighted by molar-refractivity contribution is 5.86. The Kier molecular flexibility index (Phi) is 7.03. The molecule has 3 amide bonds. The zero-order valence-electron chi connectivity index (χ0n) is 17.9. The van der Waals surface area contributed by atoms with Crippen LogP contribution < -0.4 is 0 Å². The molecule has 8 nitrogen and oxygen atoms in total. The summed E-state index contributed by atoms with van der Waals surface area (Å²) in [5, 5.41) is 9.75. The molecule has 0 aromatic rings. The average molecular weight is 410 g/mol. The van der Waals surface area contributed by atoms with E-state index in [-0.39, 0.29) is 36.4 Å². The minimum Gasteiger partial charge on any atom is -0.465 e. The summed E-state index contributed by atoms with van der Waals surface area (Å²) in [6, 6.07) is -0.825. The van der Waals surface area contributed by atoms with Crippen molar-refractivity contribution in [1.29, 1.82) is 0 Å². The number of morpholine rings is 1. The van der Waals surface area contributed by atoms with E-state index in [2.05, 4.69) is 6.92 Å². The third kappa shape index (κ3) is 4.85. The number of rotatable bonds is 4. The lowest BCUT2D eigenvalue weighted by Gasteiger charge is -2.40. The Hall–Kier alpha value is -1.83. The normalized spacial score (nSPS) is 30.5. The van der Waals surface area contributed by atoms with E-state index in [1.165, 1.54) is 4.90 Å². The van der Waals surface area contributed by atoms with Crippen molar-refractivity contribution in [1.82, 2.24) is 14.7 Å². The third-order valence-corrected chi connectivity index (χ3v) is 6.65. The van der Waals surface area contributed by atoms with Crippen molar-refractivity contribution >= 4 is 17.9 Å². The second kappa shape index (κ2) is 9.32. The maximum Gasteiger partial charge on any atom is 0.408 e. The van der Waals surface area contributed by atoms with E-state index in [1.54, 1.807) is 4.90 Å². The number of likely N-dealkylation sites (tertiary alicyclic amines) is 1. The number of carboxylic acid groups (broad SMARTS) is 1. The summed E-state index contributed by atoms with van der Waals surface area (Å²) in [5.74, 6) is 0.422. The monoisotopic (exact) mass is 409 g/mol. The molecule has 8 heteroatoms. The number of hydrogen-bond acceptors (Lipinski definition) is 4. The van der Waals surface area contributed by atoms with Gasteiger partial charge in [0.05, 0.1) is 19.3 Å². The van der Waals surface area contributed by atoms with E-state index < -0.39 is 12.1 Å². The molecule has 2 saturated heterocycles. The molecule has 2 atom stereocenters. The van der Waals surface area contributed by atoms with Crippen LogP contribution in [0.5, 0.6) is 0 Å². The van der Waals surface area contributed by atoms with E-state index in [0.29, 0.717) is 38.6 Å². The molecule has 0 unspecified atom stereocenters. The molecule has 1 N–H and O–H groups in total. The Balaban J connectivity index is 1.79. The van der Waals surface area contributed by atoms with Crippen molar-refractivity contribution in [3.8, 4) is 0 Å². The second-order valence-electron chi connectivity index (χ2n) is 9.09. The Morgan fingerprint density at radius 2 is 1.66 bits per heavy atom. The fourth-order valence-electron chi connectivity index (χ4n) is 4.93. The van der Waals surface area contributed by atoms with Gasteiger partial charge in [0.15, 0.2) is 0 Å². The van der Waals surface area contributed by atoms with Crippen LogP contribution in [-0.2, 0) is 14.3 Å². The van der Waals surface area contributed by atoms with E-state index in [0.717, 1.165) is 25.7 Å². The van der Waals surface area contributed by atoms with Crippen molar-refractivity contribution in [3.05, 3.63) is 0 Å². The number of hydrogen-bond donors (Lipinski definition) is 1. The lowest BCUT2D eigenvalue weighted by atomic mass is 9.85. The summed E-state index contributed by atoms with van der Waals surface area (Å²) in [7, 11) is 0. The van der Waals surface area contributed by atoms with Crippen LogP contribution in [0, 0.1) is 11.8 Å². The van der Waals surface area contributed by atoms with Gasteiger partial charge in [-0.15, -0.1) is 0 Å². The summed E-state index contributed by atoms with van der Waals surface area (Å²) in [5.41, 5.74) is 0. The summed E-state index contributed by atoms with van der Waals surface area (Å²) in [6.07, 6.45) is 3.35. The smallest absolute Gasteiger partial charge is 0.408 e. The highest BCUT2D eigenvalue weighted by Gasteiger charge is 2.46. The predicted octanol–water partition coefficient (Wildman–Crippen LogP) is 2.03. The molecule has 1 aliphatic carbocycles. The quantitative estimate of drug-likeness (QED) is 0.767. The summed E-state index contributed by atoms with van der Waals surface area (Å²) in [4.78, 5) is 43.0. The molecule has 164 valence electrons. The first-order valence-corrected chi connectivity index (χ1v) is 11.0. The number of ether oxygens (including phenoxy) is 1. The van der Waals surface area contributed by atoms with Gasteiger partial charge < -0.3 is 19.6 Å². The topological polar surface area (TPSA) is 90.4 Å². The van der Waals surface area contributed by atoms with E-state index in [9.17, 15) is 19.5 Å². The lowest BCUT2D eigenvalue weighted by Crippen LogP contribution is -2.51. The van der Waals surface area contributed by atoms with Crippen LogP contribution in [0.25, 0.3) is 0 Å². The van der Waals surface area contributed by atoms with Gasteiger partial charge in [-0.3, -0.25) is 14.5 Å². The van der Waals surface area contributed by atoms with Gasteiger partial charge in [-0.2, -0.15) is 0 Å². The number of carbonyl (C=O) groups is 3. The fraction of sp³-hybridized carbons (Fsp3) is 0.857. The summed E-state index contributed by atoms with van der Waals surface area (Å²) >= 11 is 0. The zero-order chi connectivity index (χ0) is 21.1. The minimum atomic E-state index is -1.09. The Bertz CT molecular complexity index is 611. The first-order valence-electron chi connectivity index (χ1n) is 11.0. The van der Waals surface area contributed by atoms with Crippen molar-refractivity contribution in [2.75, 3.05) is 32.8 Å². The van der Waals surface area contributed by atoms with Crippen molar-refractivity contribution in [3.63, 3.8) is 0 Å². The maximum atomic E-state index is 13.1. The van der Waals surface area contributed by atoms with Crippen molar-refractivity contribution in [2.45, 2.75) is 71.0 Å². The first kappa shape index (κ1) is 21.9. The van der Waals surface area contributed by atoms with E-state index in [4.69, 9.17) is 4.74 Å². The number of carbonyl (C=O) groups excluding carboxylic acids is 2. The molecule has 29 heavy (non-hydrogen) atoms. The van der Waals surface area contributed by atoms with Crippen LogP contribution in [0.2, 0.25) is 0 Å². The van der Waals surface area contributed by atoms with Crippen LogP contribution in [0.4, 0.5) is 4.79 Å². The maximum absolute atomic E-state index is 13.1. The van der Waals surface area contributed by atoms with Crippen molar-refractivity contribution < 1.29 is 24.2 Å². The van der Waals surface area contributed by atoms with Gasteiger partial charge in [0.2, 0.25) is 11.8 Å². The van der Waals surface area contributed by atoms with E-state index >= 15 is 0 Å². The van der Waals surface area contributed by atoms with Crippen molar-refractivity contribution in [2.24, 2.45) is 11.8 Å². The molecule has 2 heterocycles. The highest BCUT2D eigenvalue weighted by atomic mass is 16.5. The van der Waals surface area contributed by atoms with Crippen LogP contribution in [0.1, 0.15) is 52.9 Å². The first-order chi connectivity index (χ1) is 13.8. The Morgan fingerprint density at radius 3 is 2.21 bits per heavy atom. The predicted molar refractivity (Wildman–Crippen MR) is 107 cm³/mol. The number of amides is 3. The average Bonchev–Trinajstić information content (AvgIpc) is 3.15. The Morgan fingerprint density at radius 1 is 1.03 bits per heavy atom. The van der Waals surface area contributed by atoms with Gasteiger partial charge in [-0.25, -0.2) is 4.79 Å². The molecule has 0 aromatic carbocycles. The molecule has 0 aromatic heterocycles. The van der Waals surface area contributed by atoms with Crippen LogP contribution >= 0.6 is 0 Å². The standard InChI is InChI=1S/C21H35N3O5/c1-14(2)19(25)24(16-6-4-15(3)5-7-16)17-12-18(23(13-17)21(27)28)20(26)22-8-10-29-11-9-22/h14-18H,4-13H2,1-3H3,(H,27,28)/t15?,16?,17-,18-/m0/s1. The molecule has 1 saturated carbocycles. The second-order valence-corrected chi connectivity index (χ2v) is 9.09. The molecule has 0 spiro atoms. The third-order valence-electron chi connectivity index (χ3n) is 6.65. The van der Waals surface area contributed by atoms with Gasteiger partial charge in [0.25, 0.3) is 0 Å². The molecule has 3 fully saturated rings. The minimum absolute atomic E-state index is 0.0689. The van der Waals surface area contributed by atoms with Gasteiger partial charge in [0.1, 0.15) is 6.04 Å². The molecular weight excluding hydrogens is 374 g/mol. The summed E-state index contributed by atoms with van der Waals surface area (Å²) < 4.78 is 5.32. The van der Waals surface area contributed by atoms with Gasteiger partial charge in [0, 0.05) is 31.6 Å². The van der Waals surface area contributed by atoms with Gasteiger partial charge in [-0.1, -0.05) is 20.8 Å². The van der Waals surface area contributed by atoms with Crippen LogP contribution in [-0.4, -0.2) is 88.7 Å². The largest absolute Gasteiger partial charge is 0.465 e. The van der Waals surface area contributed by atoms with E-state index in [1.807, 2.05) is 18.7 Å². The molecule has 0 bridgehead atoms. The highest BCUT2D eigenvalue weighted by Crippen LogP contribution is 2.33. The van der Waals surface area contributed by atoms with Gasteiger partial charge in [-0.05, 0) is 38.0 Å². The van der Waals surface area contributed by atoms with Crippen LogP contribution in [0.3, 0.4) is 0 Å². The number of nitrogens with zero attached hydrogens (tertiary/aromatic N) is 3. The molecular formula is C21H35N3O5.